The zero-order chi connectivity index (χ0) is 22.1. The van der Waals surface area contributed by atoms with Gasteiger partial charge in [-0.3, -0.25) is 4.79 Å². The molecule has 0 fully saturated rings. The quantitative estimate of drug-likeness (QED) is 0.426. The lowest BCUT2D eigenvalue weighted by Gasteiger charge is -2.12. The van der Waals surface area contributed by atoms with Gasteiger partial charge in [0.05, 0.1) is 30.6 Å². The molecule has 4 rings (SSSR count). The predicted molar refractivity (Wildman–Crippen MR) is 114 cm³/mol. The third-order valence-electron chi connectivity index (χ3n) is 5.20. The van der Waals surface area contributed by atoms with Crippen LogP contribution in [0, 0.1) is 5.82 Å². The molecule has 1 aliphatic carbocycles. The SMILES string of the molecule is COc1cc2c(cc1OC)-c1c(c(C(=O)NCCCO)nn1-c1ccc(F)c(Cl)c1)C2. The second-order valence-electron chi connectivity index (χ2n) is 7.06. The maximum atomic E-state index is 13.7. The first kappa shape index (κ1) is 21.1. The molecule has 9 heteroatoms. The van der Waals surface area contributed by atoms with Gasteiger partial charge in [-0.2, -0.15) is 5.10 Å². The summed E-state index contributed by atoms with van der Waals surface area (Å²) in [6.45, 7) is 0.305. The van der Waals surface area contributed by atoms with Crippen LogP contribution in [-0.2, 0) is 6.42 Å². The Morgan fingerprint density at radius 3 is 2.68 bits per heavy atom. The summed E-state index contributed by atoms with van der Waals surface area (Å²) in [6.07, 6.45) is 0.916. The second kappa shape index (κ2) is 8.56. The smallest absolute Gasteiger partial charge is 0.272 e. The van der Waals surface area contributed by atoms with E-state index < -0.39 is 5.82 Å². The molecule has 0 radical (unpaired) electrons. The van der Waals surface area contributed by atoms with Crippen LogP contribution in [0.5, 0.6) is 11.5 Å². The molecule has 0 saturated carbocycles. The summed E-state index contributed by atoms with van der Waals surface area (Å²) in [5.41, 5.74) is 4.05. The van der Waals surface area contributed by atoms with Crippen molar-refractivity contribution in [3.8, 4) is 28.4 Å². The Balaban J connectivity index is 1.88. The summed E-state index contributed by atoms with van der Waals surface area (Å²) in [4.78, 5) is 12.8. The number of hydrogen-bond acceptors (Lipinski definition) is 5. The highest BCUT2D eigenvalue weighted by Crippen LogP contribution is 2.44. The van der Waals surface area contributed by atoms with Gasteiger partial charge in [0.2, 0.25) is 0 Å². The molecule has 1 aliphatic rings. The number of nitrogens with zero attached hydrogens (tertiary/aromatic N) is 2. The average Bonchev–Trinajstić information content (AvgIpc) is 3.31. The molecule has 2 aromatic carbocycles. The third kappa shape index (κ3) is 3.73. The maximum Gasteiger partial charge on any atom is 0.272 e. The summed E-state index contributed by atoms with van der Waals surface area (Å²) >= 11 is 6.00. The molecule has 0 spiro atoms. The topological polar surface area (TPSA) is 85.6 Å². The van der Waals surface area contributed by atoms with Gasteiger partial charge in [-0.1, -0.05) is 11.6 Å². The van der Waals surface area contributed by atoms with Gasteiger partial charge >= 0.3 is 0 Å². The number of amides is 1. The van der Waals surface area contributed by atoms with Crippen LogP contribution < -0.4 is 14.8 Å². The fourth-order valence-corrected chi connectivity index (χ4v) is 3.90. The Bertz CT molecular complexity index is 1160. The van der Waals surface area contributed by atoms with Crippen molar-refractivity contribution in [3.63, 3.8) is 0 Å². The van der Waals surface area contributed by atoms with Crippen molar-refractivity contribution in [1.82, 2.24) is 15.1 Å². The molecule has 1 amide bonds. The highest BCUT2D eigenvalue weighted by atomic mass is 35.5. The molecule has 0 saturated heterocycles. The molecule has 0 bridgehead atoms. The van der Waals surface area contributed by atoms with Crippen molar-refractivity contribution in [3.05, 3.63) is 58.0 Å². The fraction of sp³-hybridized carbons (Fsp3) is 0.273. The summed E-state index contributed by atoms with van der Waals surface area (Å²) in [6, 6.07) is 8.01. The number of aliphatic hydroxyl groups is 1. The standard InChI is InChI=1S/C22H21ClFN3O4/c1-30-18-9-12-8-15-20(22(29)25-6-3-7-28)26-27(13-4-5-17(24)16(23)10-13)21(15)14(12)11-19(18)31-2/h4-5,9-11,28H,3,6-8H2,1-2H3,(H,25,29). The minimum Gasteiger partial charge on any atom is -0.493 e. The van der Waals surface area contributed by atoms with Crippen LogP contribution in [0.3, 0.4) is 0 Å². The molecule has 2 N–H and O–H groups in total. The number of halogens is 2. The molecular formula is C22H21ClFN3O4. The molecule has 1 heterocycles. The Hall–Kier alpha value is -3.10. The lowest BCUT2D eigenvalue weighted by Crippen LogP contribution is -2.26. The van der Waals surface area contributed by atoms with Crippen LogP contribution in [0.4, 0.5) is 4.39 Å². The average molecular weight is 446 g/mol. The van der Waals surface area contributed by atoms with Gasteiger partial charge in [0.25, 0.3) is 5.91 Å². The molecule has 1 aromatic heterocycles. The number of rotatable bonds is 7. The van der Waals surface area contributed by atoms with E-state index in [4.69, 9.17) is 26.2 Å². The Morgan fingerprint density at radius 1 is 1.26 bits per heavy atom. The van der Waals surface area contributed by atoms with E-state index in [0.717, 1.165) is 16.7 Å². The van der Waals surface area contributed by atoms with Crippen LogP contribution >= 0.6 is 11.6 Å². The van der Waals surface area contributed by atoms with Gasteiger partial charge < -0.3 is 19.9 Å². The number of carbonyl (C=O) groups is 1. The van der Waals surface area contributed by atoms with Gasteiger partial charge in [-0.25, -0.2) is 9.07 Å². The van der Waals surface area contributed by atoms with Crippen LogP contribution in [-0.4, -0.2) is 48.2 Å². The molecule has 0 atom stereocenters. The van der Waals surface area contributed by atoms with E-state index in [1.807, 2.05) is 12.1 Å². The zero-order valence-electron chi connectivity index (χ0n) is 17.0. The van der Waals surface area contributed by atoms with Crippen molar-refractivity contribution < 1.29 is 23.8 Å². The number of nitrogens with one attached hydrogen (secondary N) is 1. The van der Waals surface area contributed by atoms with E-state index in [-0.39, 0.29) is 23.2 Å². The first-order valence-corrected chi connectivity index (χ1v) is 10.1. The van der Waals surface area contributed by atoms with Crippen molar-refractivity contribution in [1.29, 1.82) is 0 Å². The minimum absolute atomic E-state index is 0.0219. The number of fused-ring (bicyclic) bond motifs is 3. The maximum absolute atomic E-state index is 13.7. The van der Waals surface area contributed by atoms with Gasteiger partial charge in [-0.15, -0.1) is 0 Å². The molecule has 0 aliphatic heterocycles. The molecule has 3 aromatic rings. The number of hydrogen-bond donors (Lipinski definition) is 2. The summed E-state index contributed by atoms with van der Waals surface area (Å²) in [7, 11) is 3.12. The predicted octanol–water partition coefficient (Wildman–Crippen LogP) is 3.37. The number of aromatic nitrogens is 2. The number of aliphatic hydroxyl groups excluding tert-OH is 1. The monoisotopic (exact) mass is 445 g/mol. The van der Waals surface area contributed by atoms with Crippen LogP contribution in [0.25, 0.3) is 16.9 Å². The Morgan fingerprint density at radius 2 is 2.00 bits per heavy atom. The van der Waals surface area contributed by atoms with Gasteiger partial charge in [0.15, 0.2) is 17.2 Å². The minimum atomic E-state index is -0.539. The molecule has 0 unspecified atom stereocenters. The van der Waals surface area contributed by atoms with E-state index >= 15 is 0 Å². The van der Waals surface area contributed by atoms with Gasteiger partial charge in [0, 0.05) is 30.7 Å². The van der Waals surface area contributed by atoms with Crippen molar-refractivity contribution in [2.75, 3.05) is 27.4 Å². The first-order valence-electron chi connectivity index (χ1n) is 9.70. The molecule has 31 heavy (non-hydrogen) atoms. The second-order valence-corrected chi connectivity index (χ2v) is 7.47. The number of carbonyl (C=O) groups excluding carboxylic acids is 1. The van der Waals surface area contributed by atoms with E-state index in [1.54, 1.807) is 25.0 Å². The third-order valence-corrected chi connectivity index (χ3v) is 5.49. The number of ether oxygens (including phenoxy) is 2. The fourth-order valence-electron chi connectivity index (χ4n) is 3.72. The van der Waals surface area contributed by atoms with Crippen molar-refractivity contribution in [2.45, 2.75) is 12.8 Å². The van der Waals surface area contributed by atoms with Crippen LogP contribution in [0.1, 0.15) is 28.0 Å². The highest BCUT2D eigenvalue weighted by Gasteiger charge is 2.32. The molecule has 162 valence electrons. The van der Waals surface area contributed by atoms with E-state index in [0.29, 0.717) is 42.3 Å². The Labute approximate surface area is 183 Å². The summed E-state index contributed by atoms with van der Waals surface area (Å²) in [5.74, 6) is 0.254. The molecular weight excluding hydrogens is 425 g/mol. The van der Waals surface area contributed by atoms with E-state index in [2.05, 4.69) is 10.4 Å². The number of methoxy groups -OCH3 is 2. The van der Waals surface area contributed by atoms with Gasteiger partial charge in [-0.05, 0) is 42.3 Å². The van der Waals surface area contributed by atoms with Crippen LogP contribution in [0.15, 0.2) is 30.3 Å². The largest absolute Gasteiger partial charge is 0.493 e. The summed E-state index contributed by atoms with van der Waals surface area (Å²) < 4.78 is 26.2. The van der Waals surface area contributed by atoms with Gasteiger partial charge in [0.1, 0.15) is 5.82 Å². The van der Waals surface area contributed by atoms with Crippen LogP contribution in [0.2, 0.25) is 5.02 Å². The van der Waals surface area contributed by atoms with Crippen molar-refractivity contribution in [2.24, 2.45) is 0 Å². The number of benzene rings is 2. The van der Waals surface area contributed by atoms with E-state index in [1.165, 1.54) is 12.1 Å². The highest BCUT2D eigenvalue weighted by molar-refractivity contribution is 6.30. The Kier molecular flexibility index (Phi) is 5.84. The lowest BCUT2D eigenvalue weighted by atomic mass is 10.1. The first-order chi connectivity index (χ1) is 15.0. The normalized spacial score (nSPS) is 11.8. The zero-order valence-corrected chi connectivity index (χ0v) is 17.8. The lowest BCUT2D eigenvalue weighted by molar-refractivity contribution is 0.0945. The molecule has 7 nitrogen and oxygen atoms in total. The van der Waals surface area contributed by atoms with Crippen molar-refractivity contribution >= 4 is 17.5 Å². The summed E-state index contributed by atoms with van der Waals surface area (Å²) in [5, 5.41) is 16.3. The van der Waals surface area contributed by atoms with E-state index in [9.17, 15) is 9.18 Å².